The van der Waals surface area contributed by atoms with Gasteiger partial charge in [0.25, 0.3) is 12.1 Å². The number of thiophene rings is 1. The molecule has 9 heteroatoms. The molecular weight excluding hydrogens is 484 g/mol. The van der Waals surface area contributed by atoms with E-state index in [1.165, 1.54) is 23.3 Å². The highest BCUT2D eigenvalue weighted by molar-refractivity contribution is 7.21. The lowest BCUT2D eigenvalue weighted by molar-refractivity contribution is -0.759. The number of nitrogens with zero attached hydrogens (tertiary/aromatic N) is 4. The number of carbonyl (C=O) groups is 1. The third kappa shape index (κ3) is 4.53. The van der Waals surface area contributed by atoms with Gasteiger partial charge < -0.3 is 5.73 Å². The lowest BCUT2D eigenvalue weighted by Crippen LogP contribution is -2.60. The molecule has 2 aromatic carbocycles. The number of fused-ring (bicyclic) bond motifs is 1. The van der Waals surface area contributed by atoms with Crippen molar-refractivity contribution in [2.75, 3.05) is 29.1 Å². The van der Waals surface area contributed by atoms with E-state index >= 15 is 0 Å². The molecule has 0 radical (unpaired) electrons. The summed E-state index contributed by atoms with van der Waals surface area (Å²) in [6, 6.07) is 20.3. The fourth-order valence-corrected chi connectivity index (χ4v) is 5.70. The van der Waals surface area contributed by atoms with Crippen LogP contribution in [0.1, 0.15) is 34.5 Å². The Labute approximate surface area is 218 Å². The number of amides is 1. The van der Waals surface area contributed by atoms with Crippen molar-refractivity contribution in [2.45, 2.75) is 26.2 Å². The lowest BCUT2D eigenvalue weighted by Gasteiger charge is -2.17. The zero-order chi connectivity index (χ0) is 25.4. The van der Waals surface area contributed by atoms with E-state index < -0.39 is 0 Å². The Hall–Kier alpha value is -4.24. The van der Waals surface area contributed by atoms with E-state index in [0.29, 0.717) is 15.4 Å². The molecule has 37 heavy (non-hydrogen) atoms. The van der Waals surface area contributed by atoms with Crippen molar-refractivity contribution in [3.05, 3.63) is 77.3 Å². The number of hydrogen-bond acceptors (Lipinski definition) is 7. The fraction of sp³-hybridized carbons (Fsp3) is 0.214. The van der Waals surface area contributed by atoms with Crippen molar-refractivity contribution in [1.29, 1.82) is 0 Å². The molecule has 1 amide bonds. The van der Waals surface area contributed by atoms with Gasteiger partial charge >= 0.3 is 5.88 Å². The van der Waals surface area contributed by atoms with E-state index in [2.05, 4.69) is 46.8 Å². The second-order valence-corrected chi connectivity index (χ2v) is 10.3. The van der Waals surface area contributed by atoms with E-state index in [4.69, 9.17) is 15.2 Å². The number of aromatic nitrogens is 3. The van der Waals surface area contributed by atoms with E-state index in [9.17, 15) is 4.79 Å². The molecule has 0 aliphatic carbocycles. The highest BCUT2D eigenvalue weighted by Gasteiger charge is 2.26. The smallest absolute Gasteiger partial charge is 0.306 e. The Morgan fingerprint density at radius 1 is 1.05 bits per heavy atom. The molecule has 5 aromatic rings. The summed E-state index contributed by atoms with van der Waals surface area (Å²) in [5.74, 6) is -0.0808. The maximum Gasteiger partial charge on any atom is 0.306 e. The van der Waals surface area contributed by atoms with Gasteiger partial charge in [-0.3, -0.25) is 14.6 Å². The molecule has 6 rings (SSSR count). The quantitative estimate of drug-likeness (QED) is 0.316. The van der Waals surface area contributed by atoms with Crippen molar-refractivity contribution in [3.8, 4) is 22.4 Å². The summed E-state index contributed by atoms with van der Waals surface area (Å²) in [7, 11) is 0. The van der Waals surface area contributed by atoms with Gasteiger partial charge in [0.2, 0.25) is 5.27 Å². The van der Waals surface area contributed by atoms with Gasteiger partial charge in [0.05, 0.1) is 29.3 Å². The second-order valence-electron chi connectivity index (χ2n) is 9.27. The standard InChI is InChI=1S/C28H26N6O2S/c1-18-10-12-19(13-11-18)21-16-22(20-8-4-2-5-9-20)30-28-24(21)25(29)26(37-28)27(35)31-23-17-34(32-36-23)33-14-6-3-7-15-33/h2,4-5,8-13,16-17H,3,6-7,14-15H2,1H3,(H2-,29,31,32,35)/p+1. The Kier molecular flexibility index (Phi) is 6.05. The molecule has 0 saturated carbocycles. The monoisotopic (exact) mass is 511 g/mol. The largest absolute Gasteiger partial charge is 0.397 e. The third-order valence-corrected chi connectivity index (χ3v) is 7.75. The van der Waals surface area contributed by atoms with E-state index in [-0.39, 0.29) is 11.8 Å². The predicted molar refractivity (Wildman–Crippen MR) is 146 cm³/mol. The first-order valence-corrected chi connectivity index (χ1v) is 13.2. The number of nitrogens with one attached hydrogen (secondary N) is 1. The van der Waals surface area contributed by atoms with Crippen LogP contribution >= 0.6 is 11.3 Å². The van der Waals surface area contributed by atoms with Crippen LogP contribution in [0.15, 0.2) is 71.4 Å². The Balaban J connectivity index is 1.39. The van der Waals surface area contributed by atoms with E-state index in [1.54, 1.807) is 11.0 Å². The molecular formula is C28H27N6O2S+. The van der Waals surface area contributed by atoms with Crippen LogP contribution in [0.4, 0.5) is 11.6 Å². The first-order valence-electron chi connectivity index (χ1n) is 12.4. The van der Waals surface area contributed by atoms with Crippen LogP contribution in [0, 0.1) is 6.92 Å². The van der Waals surface area contributed by atoms with Crippen molar-refractivity contribution in [2.24, 2.45) is 0 Å². The Morgan fingerprint density at radius 3 is 2.57 bits per heavy atom. The fourth-order valence-electron chi connectivity index (χ4n) is 4.68. The molecule has 8 nitrogen and oxygen atoms in total. The molecule has 3 aromatic heterocycles. The molecule has 0 spiro atoms. The van der Waals surface area contributed by atoms with Crippen molar-refractivity contribution in [3.63, 3.8) is 0 Å². The highest BCUT2D eigenvalue weighted by atomic mass is 32.1. The second kappa shape index (κ2) is 9.67. The number of pyridine rings is 1. The minimum Gasteiger partial charge on any atom is -0.397 e. The number of nitrogen functional groups attached to an aromatic ring is 1. The Bertz CT molecular complexity index is 1570. The molecule has 0 bridgehead atoms. The van der Waals surface area contributed by atoms with E-state index in [0.717, 1.165) is 53.7 Å². The summed E-state index contributed by atoms with van der Waals surface area (Å²) in [4.78, 5) is 21.0. The summed E-state index contributed by atoms with van der Waals surface area (Å²) in [5, 5.41) is 9.76. The van der Waals surface area contributed by atoms with Crippen LogP contribution in [0.5, 0.6) is 0 Å². The average Bonchev–Trinajstić information content (AvgIpc) is 3.54. The van der Waals surface area contributed by atoms with Crippen molar-refractivity contribution >= 4 is 39.0 Å². The minimum atomic E-state index is -0.349. The van der Waals surface area contributed by atoms with Crippen LogP contribution < -0.4 is 20.9 Å². The average molecular weight is 512 g/mol. The molecule has 0 unspecified atom stereocenters. The van der Waals surface area contributed by atoms with Gasteiger partial charge in [-0.05, 0) is 43.4 Å². The van der Waals surface area contributed by atoms with Crippen LogP contribution in [0.3, 0.4) is 0 Å². The number of rotatable bonds is 5. The molecule has 1 aliphatic heterocycles. The van der Waals surface area contributed by atoms with Gasteiger partial charge in [-0.1, -0.05) is 60.2 Å². The summed E-state index contributed by atoms with van der Waals surface area (Å²) >= 11 is 1.28. The van der Waals surface area contributed by atoms with Gasteiger partial charge in [0.15, 0.2) is 0 Å². The zero-order valence-corrected chi connectivity index (χ0v) is 21.3. The zero-order valence-electron chi connectivity index (χ0n) is 20.5. The lowest BCUT2D eigenvalue weighted by atomic mass is 9.99. The van der Waals surface area contributed by atoms with Gasteiger partial charge in [-0.15, -0.1) is 11.3 Å². The molecule has 3 N–H and O–H groups in total. The number of hydrogen-bond donors (Lipinski definition) is 2. The van der Waals surface area contributed by atoms with Gasteiger partial charge in [-0.25, -0.2) is 4.98 Å². The Morgan fingerprint density at radius 2 is 1.81 bits per heavy atom. The number of piperidine rings is 1. The van der Waals surface area contributed by atoms with Crippen LogP contribution in [-0.2, 0) is 0 Å². The van der Waals surface area contributed by atoms with Crippen molar-refractivity contribution < 1.29 is 14.1 Å². The van der Waals surface area contributed by atoms with Gasteiger partial charge in [0, 0.05) is 10.9 Å². The maximum absolute atomic E-state index is 13.3. The maximum atomic E-state index is 13.3. The summed E-state index contributed by atoms with van der Waals surface area (Å²) < 4.78 is 5.39. The first-order chi connectivity index (χ1) is 18.1. The normalized spacial score (nSPS) is 13.7. The molecule has 0 atom stereocenters. The number of nitrogens with two attached hydrogens (primary N) is 1. The first kappa shape index (κ1) is 23.2. The summed E-state index contributed by atoms with van der Waals surface area (Å²) in [5.41, 5.74) is 12.0. The SMILES string of the molecule is Cc1ccc(-c2cc(-c3ccccc3)nc3sc(C(=O)Nc4c[n+](N5CCCCC5)no4)c(N)c23)cc1. The number of benzene rings is 2. The van der Waals surface area contributed by atoms with Crippen LogP contribution in [-0.4, -0.2) is 29.3 Å². The predicted octanol–water partition coefficient (Wildman–Crippen LogP) is 5.17. The molecule has 1 aliphatic rings. The highest BCUT2D eigenvalue weighted by Crippen LogP contribution is 2.41. The molecule has 1 saturated heterocycles. The van der Waals surface area contributed by atoms with E-state index in [1.807, 2.05) is 36.4 Å². The van der Waals surface area contributed by atoms with Gasteiger partial charge in [0.1, 0.15) is 9.71 Å². The summed E-state index contributed by atoms with van der Waals surface area (Å²) in [6.07, 6.45) is 5.13. The van der Waals surface area contributed by atoms with Crippen LogP contribution in [0.2, 0.25) is 0 Å². The molecule has 186 valence electrons. The molecule has 1 fully saturated rings. The number of anilines is 2. The molecule has 4 heterocycles. The van der Waals surface area contributed by atoms with Crippen LogP contribution in [0.25, 0.3) is 32.6 Å². The third-order valence-electron chi connectivity index (χ3n) is 6.65. The summed E-state index contributed by atoms with van der Waals surface area (Å²) in [6.45, 7) is 3.87. The minimum absolute atomic E-state index is 0.268. The van der Waals surface area contributed by atoms with Crippen molar-refractivity contribution in [1.82, 2.24) is 10.3 Å². The topological polar surface area (TPSA) is 101 Å². The van der Waals surface area contributed by atoms with Gasteiger partial charge in [-0.2, -0.15) is 5.01 Å². The number of aryl methyl sites for hydroxylation is 1. The number of carbonyl (C=O) groups excluding carboxylic acids is 1.